The molecule has 398 valence electrons. The van der Waals surface area contributed by atoms with Crippen molar-refractivity contribution in [2.24, 2.45) is 0 Å². The Morgan fingerprint density at radius 3 is 1.25 bits per heavy atom. The highest BCUT2D eigenvalue weighted by Crippen LogP contribution is 2.47. The first-order chi connectivity index (χ1) is 32.9. The Kier molecular flexibility index (Phi) is 41.3. The van der Waals surface area contributed by atoms with Gasteiger partial charge >= 0.3 is 19.8 Å². The van der Waals surface area contributed by atoms with Crippen molar-refractivity contribution in [2.75, 3.05) is 13.2 Å². The van der Waals surface area contributed by atoms with Crippen LogP contribution in [0.3, 0.4) is 0 Å². The minimum atomic E-state index is -5.14. The van der Waals surface area contributed by atoms with Gasteiger partial charge in [0.2, 0.25) is 0 Å². The molecule has 0 bridgehead atoms. The molecule has 14 heteroatoms. The number of phosphoric ester groups is 1. The van der Waals surface area contributed by atoms with E-state index in [9.17, 15) is 44.6 Å². The lowest BCUT2D eigenvalue weighted by molar-refractivity contribution is -0.220. The molecule has 0 heterocycles. The van der Waals surface area contributed by atoms with Gasteiger partial charge in [0, 0.05) is 12.8 Å². The van der Waals surface area contributed by atoms with Crippen LogP contribution in [0, 0.1) is 0 Å². The number of aliphatic hydroxyl groups is 5. The van der Waals surface area contributed by atoms with E-state index in [-0.39, 0.29) is 12.8 Å². The Bertz CT molecular complexity index is 1330. The average molecular weight is 987 g/mol. The molecule has 0 amide bonds. The van der Waals surface area contributed by atoms with Gasteiger partial charge in [0.05, 0.1) is 6.61 Å². The van der Waals surface area contributed by atoms with Crippen molar-refractivity contribution in [3.63, 3.8) is 0 Å². The number of hydrogen-bond acceptors (Lipinski definition) is 12. The Morgan fingerprint density at radius 2 is 0.809 bits per heavy atom. The molecule has 1 fully saturated rings. The third-order valence-corrected chi connectivity index (χ3v) is 13.7. The molecule has 1 saturated carbocycles. The van der Waals surface area contributed by atoms with Gasteiger partial charge in [0.25, 0.3) is 0 Å². The Morgan fingerprint density at radius 1 is 0.456 bits per heavy atom. The van der Waals surface area contributed by atoms with E-state index in [0.717, 1.165) is 38.5 Å². The predicted octanol–water partition coefficient (Wildman–Crippen LogP) is 12.1. The summed E-state index contributed by atoms with van der Waals surface area (Å²) in [5.74, 6) is -1.15. The van der Waals surface area contributed by atoms with E-state index in [1.54, 1.807) is 0 Å². The van der Waals surface area contributed by atoms with Crippen LogP contribution in [0.5, 0.6) is 0 Å². The third-order valence-electron chi connectivity index (χ3n) is 12.7. The first-order valence-electron chi connectivity index (χ1n) is 27.3. The monoisotopic (exact) mass is 987 g/mol. The number of aliphatic hydroxyl groups excluding tert-OH is 5. The molecule has 0 aromatic heterocycles. The fraction of sp³-hybridized carbons (Fsp3) is 0.852. The van der Waals surface area contributed by atoms with Crippen LogP contribution < -0.4 is 0 Å². The maximum Gasteiger partial charge on any atom is 0.472 e. The van der Waals surface area contributed by atoms with E-state index in [4.69, 9.17) is 18.5 Å². The topological polar surface area (TPSA) is 210 Å². The third kappa shape index (κ3) is 35.2. The van der Waals surface area contributed by atoms with Gasteiger partial charge in [-0.2, -0.15) is 0 Å². The fourth-order valence-corrected chi connectivity index (χ4v) is 9.34. The second kappa shape index (κ2) is 43.8. The molecule has 1 rings (SSSR count). The smallest absolute Gasteiger partial charge is 0.462 e. The van der Waals surface area contributed by atoms with Crippen molar-refractivity contribution in [3.05, 3.63) is 36.5 Å². The van der Waals surface area contributed by atoms with E-state index in [2.05, 4.69) is 38.2 Å². The van der Waals surface area contributed by atoms with E-state index in [1.807, 2.05) is 12.2 Å². The summed E-state index contributed by atoms with van der Waals surface area (Å²) in [6.45, 7) is 3.29. The first kappa shape index (κ1) is 64.1. The zero-order valence-electron chi connectivity index (χ0n) is 42.7. The van der Waals surface area contributed by atoms with Crippen LogP contribution in [0.4, 0.5) is 0 Å². The number of phosphoric acid groups is 1. The number of allylic oxidation sites excluding steroid dienone is 6. The Hall–Kier alpha value is -1.93. The SMILES string of the molecule is CCCCCCCC/C=C/C/C=C/C/C=C/CCCC(=O)O[C@@H](COC(=O)CCCCCCCCCCCCCCCCCCCCCCCC)COP(=O)(O)OC1C(O)C(O)C(O)[C@H](O)C1O. The Balaban J connectivity index is 2.38. The summed E-state index contributed by atoms with van der Waals surface area (Å²) in [5.41, 5.74) is 0. The van der Waals surface area contributed by atoms with Gasteiger partial charge in [-0.15, -0.1) is 0 Å². The lowest BCUT2D eigenvalue weighted by Crippen LogP contribution is -2.64. The van der Waals surface area contributed by atoms with Crippen molar-refractivity contribution in [2.45, 2.75) is 281 Å². The van der Waals surface area contributed by atoms with Gasteiger partial charge in [-0.25, -0.2) is 4.57 Å². The van der Waals surface area contributed by atoms with Crippen LogP contribution in [0.1, 0.15) is 239 Å². The minimum absolute atomic E-state index is 0.0271. The molecule has 6 N–H and O–H groups in total. The summed E-state index contributed by atoms with van der Waals surface area (Å²) in [6, 6.07) is 0. The lowest BCUT2D eigenvalue weighted by atomic mass is 9.85. The fourth-order valence-electron chi connectivity index (χ4n) is 8.36. The Labute approximate surface area is 412 Å². The molecule has 13 nitrogen and oxygen atoms in total. The second-order valence-electron chi connectivity index (χ2n) is 19.1. The standard InChI is InChI=1S/C54H99O13P/c1-3-5-7-9-11-13-15-17-19-21-22-23-24-25-27-28-30-32-34-36-38-40-42-47(55)64-44-46(45-65-68(62,63)67-54-52(60)50(58)49(57)51(59)53(54)61)66-48(56)43-41-39-37-35-33-31-29-26-20-18-16-14-12-10-8-6-4-2/h18,20,29,31,35,37,46,49-54,57-61H,3-17,19,21-28,30,32-34,36,38-45H2,1-2H3,(H,62,63)/b20-18+,31-29+,37-35+/t46-,49?,50-,51?,52?,53?,54?/m0/s1. The van der Waals surface area contributed by atoms with E-state index in [0.29, 0.717) is 19.3 Å². The van der Waals surface area contributed by atoms with Crippen LogP contribution >= 0.6 is 7.82 Å². The molecule has 0 spiro atoms. The van der Waals surface area contributed by atoms with E-state index >= 15 is 0 Å². The largest absolute Gasteiger partial charge is 0.472 e. The minimum Gasteiger partial charge on any atom is -0.462 e. The molecule has 6 unspecified atom stereocenters. The molecule has 68 heavy (non-hydrogen) atoms. The first-order valence-corrected chi connectivity index (χ1v) is 28.8. The van der Waals surface area contributed by atoms with E-state index in [1.165, 1.54) is 154 Å². The molecular weight excluding hydrogens is 888 g/mol. The van der Waals surface area contributed by atoms with Crippen LogP contribution in [-0.4, -0.2) is 98.3 Å². The summed E-state index contributed by atoms with van der Waals surface area (Å²) in [6.07, 6.45) is 39.2. The normalized spacial score (nSPS) is 21.2. The van der Waals surface area contributed by atoms with Crippen LogP contribution in [0.15, 0.2) is 36.5 Å². The molecule has 0 saturated heterocycles. The van der Waals surface area contributed by atoms with Crippen LogP contribution in [0.25, 0.3) is 0 Å². The number of rotatable bonds is 46. The molecule has 0 aromatic carbocycles. The van der Waals surface area contributed by atoms with E-state index < -0.39 is 75.7 Å². The number of ether oxygens (including phenoxy) is 2. The van der Waals surface area contributed by atoms with Crippen molar-refractivity contribution in [1.29, 1.82) is 0 Å². The molecule has 0 aromatic rings. The zero-order valence-corrected chi connectivity index (χ0v) is 43.6. The number of hydrogen-bond donors (Lipinski definition) is 6. The van der Waals surface area contributed by atoms with Gasteiger partial charge in [-0.1, -0.05) is 217 Å². The van der Waals surface area contributed by atoms with Crippen molar-refractivity contribution in [3.8, 4) is 0 Å². The highest BCUT2D eigenvalue weighted by molar-refractivity contribution is 7.47. The highest BCUT2D eigenvalue weighted by atomic mass is 31.2. The molecular formula is C54H99O13P. The number of unbranched alkanes of at least 4 members (excludes halogenated alkanes) is 28. The quantitative estimate of drug-likeness (QED) is 0.0145. The summed E-state index contributed by atoms with van der Waals surface area (Å²) in [7, 11) is -5.14. The van der Waals surface area contributed by atoms with Crippen molar-refractivity contribution < 1.29 is 63.1 Å². The maximum absolute atomic E-state index is 12.9. The van der Waals surface area contributed by atoms with Gasteiger partial charge in [0.1, 0.15) is 43.2 Å². The predicted molar refractivity (Wildman–Crippen MR) is 272 cm³/mol. The molecule has 1 aliphatic carbocycles. The molecule has 0 radical (unpaired) electrons. The van der Waals surface area contributed by atoms with Gasteiger partial charge in [0.15, 0.2) is 6.10 Å². The molecule has 8 atom stereocenters. The van der Waals surface area contributed by atoms with Crippen molar-refractivity contribution in [1.82, 2.24) is 0 Å². The lowest BCUT2D eigenvalue weighted by Gasteiger charge is -2.41. The zero-order chi connectivity index (χ0) is 49.9. The van der Waals surface area contributed by atoms with Crippen LogP contribution in [-0.2, 0) is 32.7 Å². The highest BCUT2D eigenvalue weighted by Gasteiger charge is 2.51. The summed E-state index contributed by atoms with van der Waals surface area (Å²) >= 11 is 0. The number of carbonyl (C=O) groups excluding carboxylic acids is 2. The second-order valence-corrected chi connectivity index (χ2v) is 20.5. The van der Waals surface area contributed by atoms with Gasteiger partial charge < -0.3 is 39.9 Å². The molecule has 0 aliphatic heterocycles. The number of esters is 2. The average Bonchev–Trinajstić information content (AvgIpc) is 3.32. The van der Waals surface area contributed by atoms with Crippen molar-refractivity contribution >= 4 is 19.8 Å². The number of carbonyl (C=O) groups is 2. The maximum atomic E-state index is 12.9. The van der Waals surface area contributed by atoms with Gasteiger partial charge in [-0.3, -0.25) is 18.6 Å². The summed E-state index contributed by atoms with van der Waals surface area (Å²) < 4.78 is 33.6. The van der Waals surface area contributed by atoms with Crippen LogP contribution in [0.2, 0.25) is 0 Å². The molecule has 1 aliphatic rings. The summed E-state index contributed by atoms with van der Waals surface area (Å²) in [4.78, 5) is 35.8. The summed E-state index contributed by atoms with van der Waals surface area (Å²) in [5, 5.41) is 50.3. The van der Waals surface area contributed by atoms with Gasteiger partial charge in [-0.05, 0) is 44.9 Å².